The Labute approximate surface area is 168 Å². The highest BCUT2D eigenvalue weighted by Gasteiger charge is 2.42. The van der Waals surface area contributed by atoms with Gasteiger partial charge >= 0.3 is 0 Å². The minimum absolute atomic E-state index is 0.208. The highest BCUT2D eigenvalue weighted by molar-refractivity contribution is 5.85. The first kappa shape index (κ1) is 20.4. The Hall–Kier alpha value is -2.31. The summed E-state index contributed by atoms with van der Waals surface area (Å²) in [4.78, 5) is 23.0. The SMILES string of the molecule is CN=C(NCc1ccnc(OCC2CC2)c1)NCC1(C(=O)N(C)C)CCCC1. The van der Waals surface area contributed by atoms with E-state index in [9.17, 15) is 4.79 Å². The first-order valence-corrected chi connectivity index (χ1v) is 10.3. The Morgan fingerprint density at radius 2 is 2.07 bits per heavy atom. The van der Waals surface area contributed by atoms with Gasteiger partial charge in [0.25, 0.3) is 0 Å². The van der Waals surface area contributed by atoms with Gasteiger partial charge in [-0.15, -0.1) is 0 Å². The Kier molecular flexibility index (Phi) is 6.75. The normalized spacial score (nSPS) is 18.6. The van der Waals surface area contributed by atoms with E-state index in [2.05, 4.69) is 20.6 Å². The van der Waals surface area contributed by atoms with Crippen LogP contribution in [0.4, 0.5) is 0 Å². The number of hydrogen-bond donors (Lipinski definition) is 2. The van der Waals surface area contributed by atoms with E-state index in [-0.39, 0.29) is 11.3 Å². The van der Waals surface area contributed by atoms with Crippen molar-refractivity contribution in [1.82, 2.24) is 20.5 Å². The lowest BCUT2D eigenvalue weighted by Crippen LogP contribution is -2.49. The molecule has 154 valence electrons. The van der Waals surface area contributed by atoms with Crippen molar-refractivity contribution in [3.63, 3.8) is 0 Å². The van der Waals surface area contributed by atoms with Crippen LogP contribution in [0, 0.1) is 11.3 Å². The van der Waals surface area contributed by atoms with Crippen LogP contribution in [0.25, 0.3) is 0 Å². The summed E-state index contributed by atoms with van der Waals surface area (Å²) in [6.45, 7) is 1.99. The van der Waals surface area contributed by atoms with Crippen LogP contribution in [0.1, 0.15) is 44.1 Å². The number of rotatable bonds is 8. The van der Waals surface area contributed by atoms with Crippen molar-refractivity contribution < 1.29 is 9.53 Å². The summed E-state index contributed by atoms with van der Waals surface area (Å²) >= 11 is 0. The van der Waals surface area contributed by atoms with Crippen molar-refractivity contribution in [1.29, 1.82) is 0 Å². The number of aromatic nitrogens is 1. The van der Waals surface area contributed by atoms with Crippen LogP contribution in [0.3, 0.4) is 0 Å². The van der Waals surface area contributed by atoms with Crippen LogP contribution in [0.5, 0.6) is 5.88 Å². The van der Waals surface area contributed by atoms with Crippen molar-refractivity contribution in [2.75, 3.05) is 34.3 Å². The maximum atomic E-state index is 12.7. The number of nitrogens with one attached hydrogen (secondary N) is 2. The maximum absolute atomic E-state index is 12.7. The number of aliphatic imine (C=N–C) groups is 1. The molecule has 2 aliphatic rings. The highest BCUT2D eigenvalue weighted by Crippen LogP contribution is 2.38. The molecule has 0 spiro atoms. The van der Waals surface area contributed by atoms with Gasteiger partial charge in [-0.25, -0.2) is 4.98 Å². The van der Waals surface area contributed by atoms with Gasteiger partial charge in [0.15, 0.2) is 5.96 Å². The minimum atomic E-state index is -0.318. The molecule has 0 aromatic carbocycles. The van der Waals surface area contributed by atoms with Gasteiger partial charge < -0.3 is 20.3 Å². The summed E-state index contributed by atoms with van der Waals surface area (Å²) < 4.78 is 5.75. The third-order valence-corrected chi connectivity index (χ3v) is 5.66. The first-order chi connectivity index (χ1) is 13.5. The average Bonchev–Trinajstić information content (AvgIpc) is 3.42. The predicted octanol–water partition coefficient (Wildman–Crippen LogP) is 2.18. The van der Waals surface area contributed by atoms with E-state index in [1.54, 1.807) is 18.1 Å². The number of amides is 1. The van der Waals surface area contributed by atoms with Crippen LogP contribution in [0.2, 0.25) is 0 Å². The van der Waals surface area contributed by atoms with Crippen LogP contribution >= 0.6 is 0 Å². The fourth-order valence-corrected chi connectivity index (χ4v) is 3.78. The summed E-state index contributed by atoms with van der Waals surface area (Å²) in [5.41, 5.74) is 0.769. The first-order valence-electron chi connectivity index (χ1n) is 10.3. The molecule has 0 atom stereocenters. The van der Waals surface area contributed by atoms with Crippen LogP contribution in [0.15, 0.2) is 23.3 Å². The lowest BCUT2D eigenvalue weighted by Gasteiger charge is -2.31. The van der Waals surface area contributed by atoms with Crippen LogP contribution < -0.4 is 15.4 Å². The molecule has 0 radical (unpaired) electrons. The Morgan fingerprint density at radius 3 is 2.71 bits per heavy atom. The van der Waals surface area contributed by atoms with Gasteiger partial charge in [-0.05, 0) is 43.2 Å². The third kappa shape index (κ3) is 5.36. The fraction of sp³-hybridized carbons (Fsp3) is 0.667. The lowest BCUT2D eigenvalue weighted by molar-refractivity contribution is -0.138. The van der Waals surface area contributed by atoms with Crippen LogP contribution in [-0.2, 0) is 11.3 Å². The van der Waals surface area contributed by atoms with Gasteiger partial charge in [-0.3, -0.25) is 9.79 Å². The van der Waals surface area contributed by atoms with E-state index >= 15 is 0 Å². The maximum Gasteiger partial charge on any atom is 0.230 e. The zero-order valence-electron chi connectivity index (χ0n) is 17.3. The van der Waals surface area contributed by atoms with Crippen molar-refractivity contribution in [2.24, 2.45) is 16.3 Å². The number of pyridine rings is 1. The Balaban J connectivity index is 1.51. The second-order valence-corrected chi connectivity index (χ2v) is 8.22. The molecule has 1 amide bonds. The monoisotopic (exact) mass is 387 g/mol. The summed E-state index contributed by atoms with van der Waals surface area (Å²) in [7, 11) is 5.42. The van der Waals surface area contributed by atoms with E-state index < -0.39 is 0 Å². The highest BCUT2D eigenvalue weighted by atomic mass is 16.5. The number of carbonyl (C=O) groups excluding carboxylic acids is 1. The van der Waals surface area contributed by atoms with E-state index in [0.29, 0.717) is 30.8 Å². The third-order valence-electron chi connectivity index (χ3n) is 5.66. The second kappa shape index (κ2) is 9.26. The van der Waals surface area contributed by atoms with Crippen molar-refractivity contribution >= 4 is 11.9 Å². The molecule has 2 saturated carbocycles. The summed E-state index contributed by atoms with van der Waals surface area (Å²) in [5, 5.41) is 6.70. The lowest BCUT2D eigenvalue weighted by atomic mass is 9.84. The predicted molar refractivity (Wildman–Crippen MR) is 110 cm³/mol. The number of guanidine groups is 1. The van der Waals surface area contributed by atoms with Crippen LogP contribution in [-0.4, -0.2) is 56.0 Å². The molecule has 28 heavy (non-hydrogen) atoms. The zero-order valence-corrected chi connectivity index (χ0v) is 17.3. The minimum Gasteiger partial charge on any atom is -0.477 e. The molecule has 1 aromatic heterocycles. The number of hydrogen-bond acceptors (Lipinski definition) is 4. The zero-order chi connectivity index (χ0) is 20.0. The molecule has 0 aliphatic heterocycles. The molecule has 1 heterocycles. The molecule has 3 rings (SSSR count). The Morgan fingerprint density at radius 1 is 1.32 bits per heavy atom. The standard InChI is InChI=1S/C21H33N5O2/c1-22-20(25-15-21(9-4-5-10-21)19(27)26(2)3)24-13-17-8-11-23-18(12-17)28-14-16-6-7-16/h8,11-12,16H,4-7,9-10,13-15H2,1-3H3,(H2,22,24,25). The average molecular weight is 388 g/mol. The van der Waals surface area contributed by atoms with E-state index in [1.807, 2.05) is 26.2 Å². The van der Waals surface area contributed by atoms with Gasteiger partial charge in [0.2, 0.25) is 11.8 Å². The number of ether oxygens (including phenoxy) is 1. The fourth-order valence-electron chi connectivity index (χ4n) is 3.78. The Bertz CT molecular complexity index is 694. The van der Waals surface area contributed by atoms with Gasteiger partial charge in [-0.1, -0.05) is 12.8 Å². The quantitative estimate of drug-likeness (QED) is 0.528. The number of carbonyl (C=O) groups is 1. The van der Waals surface area contributed by atoms with Crippen molar-refractivity contribution in [3.8, 4) is 5.88 Å². The molecule has 1 aromatic rings. The molecule has 0 unspecified atom stereocenters. The molecule has 7 heteroatoms. The van der Waals surface area contributed by atoms with Crippen molar-refractivity contribution in [3.05, 3.63) is 23.9 Å². The molecule has 7 nitrogen and oxygen atoms in total. The molecule has 0 saturated heterocycles. The number of nitrogens with zero attached hydrogens (tertiary/aromatic N) is 3. The smallest absolute Gasteiger partial charge is 0.230 e. The topological polar surface area (TPSA) is 78.9 Å². The molecular weight excluding hydrogens is 354 g/mol. The van der Waals surface area contributed by atoms with Gasteiger partial charge in [0, 0.05) is 46.5 Å². The molecule has 0 bridgehead atoms. The summed E-state index contributed by atoms with van der Waals surface area (Å²) in [6.07, 6.45) is 8.38. The molecule has 2 fully saturated rings. The second-order valence-electron chi connectivity index (χ2n) is 8.22. The molecular formula is C21H33N5O2. The van der Waals surface area contributed by atoms with Gasteiger partial charge in [0.05, 0.1) is 12.0 Å². The van der Waals surface area contributed by atoms with E-state index in [4.69, 9.17) is 4.74 Å². The van der Waals surface area contributed by atoms with Gasteiger partial charge in [-0.2, -0.15) is 0 Å². The van der Waals surface area contributed by atoms with Crippen molar-refractivity contribution in [2.45, 2.75) is 45.1 Å². The largest absolute Gasteiger partial charge is 0.477 e. The summed E-state index contributed by atoms with van der Waals surface area (Å²) in [5.74, 6) is 2.30. The van der Waals surface area contributed by atoms with E-state index in [0.717, 1.165) is 37.9 Å². The van der Waals surface area contributed by atoms with Gasteiger partial charge in [0.1, 0.15) is 0 Å². The molecule has 2 N–H and O–H groups in total. The molecule has 2 aliphatic carbocycles. The van der Waals surface area contributed by atoms with E-state index in [1.165, 1.54) is 12.8 Å². The summed E-state index contributed by atoms with van der Waals surface area (Å²) in [6, 6.07) is 3.94.